The third-order valence-corrected chi connectivity index (χ3v) is 5.03. The number of benzene rings is 3. The first-order chi connectivity index (χ1) is 14.4. The Labute approximate surface area is 184 Å². The zero-order valence-corrected chi connectivity index (χ0v) is 17.4. The van der Waals surface area contributed by atoms with Crippen molar-refractivity contribution in [2.75, 3.05) is 6.61 Å². The second kappa shape index (κ2) is 10.1. The van der Waals surface area contributed by atoms with Crippen LogP contribution < -0.4 is 10.1 Å². The van der Waals surface area contributed by atoms with Gasteiger partial charge in [0.1, 0.15) is 5.75 Å². The molecule has 0 spiro atoms. The first kappa shape index (κ1) is 21.7. The molecule has 154 valence electrons. The second-order valence-corrected chi connectivity index (χ2v) is 7.36. The Kier molecular flexibility index (Phi) is 7.33. The van der Waals surface area contributed by atoms with E-state index in [4.69, 9.17) is 33.0 Å². The Morgan fingerprint density at radius 2 is 1.70 bits per heavy atom. The molecule has 0 saturated heterocycles. The molecule has 0 bridgehead atoms. The monoisotopic (exact) mass is 443 g/mol. The summed E-state index contributed by atoms with van der Waals surface area (Å²) in [7, 11) is 0. The largest absolute Gasteiger partial charge is 0.492 e. The first-order valence-electron chi connectivity index (χ1n) is 9.20. The van der Waals surface area contributed by atoms with Crippen molar-refractivity contribution in [3.8, 4) is 5.75 Å². The molecule has 3 aromatic carbocycles. The maximum Gasteiger partial charge on any atom is 0.335 e. The van der Waals surface area contributed by atoms with Crippen molar-refractivity contribution in [2.45, 2.75) is 13.0 Å². The van der Waals surface area contributed by atoms with E-state index in [1.165, 1.54) is 12.1 Å². The summed E-state index contributed by atoms with van der Waals surface area (Å²) >= 11 is 12.2. The van der Waals surface area contributed by atoms with Gasteiger partial charge < -0.3 is 15.2 Å². The smallest absolute Gasteiger partial charge is 0.335 e. The highest BCUT2D eigenvalue weighted by Gasteiger charge is 2.14. The molecule has 3 aromatic rings. The van der Waals surface area contributed by atoms with Crippen molar-refractivity contribution < 1.29 is 19.4 Å². The van der Waals surface area contributed by atoms with Crippen LogP contribution in [0, 0.1) is 0 Å². The fourth-order valence-corrected chi connectivity index (χ4v) is 3.22. The highest BCUT2D eigenvalue weighted by Crippen LogP contribution is 2.24. The molecule has 7 heteroatoms. The minimum absolute atomic E-state index is 0.189. The lowest BCUT2D eigenvalue weighted by atomic mass is 10.1. The van der Waals surface area contributed by atoms with Crippen molar-refractivity contribution in [3.05, 3.63) is 99.0 Å². The third kappa shape index (κ3) is 5.75. The summed E-state index contributed by atoms with van der Waals surface area (Å²) in [4.78, 5) is 23.6. The van der Waals surface area contributed by atoms with Crippen LogP contribution in [-0.2, 0) is 13.0 Å². The SMILES string of the molecule is O=C(O)c1ccc(CNC(=O)c2cc(Cl)ccc2OCCc2ccccc2Cl)cc1. The average molecular weight is 444 g/mol. The average Bonchev–Trinajstić information content (AvgIpc) is 2.74. The molecule has 0 saturated carbocycles. The molecule has 0 fully saturated rings. The van der Waals surface area contributed by atoms with Gasteiger partial charge in [0, 0.05) is 23.0 Å². The van der Waals surface area contributed by atoms with Gasteiger partial charge in [-0.2, -0.15) is 0 Å². The van der Waals surface area contributed by atoms with Crippen molar-refractivity contribution in [3.63, 3.8) is 0 Å². The van der Waals surface area contributed by atoms with Gasteiger partial charge in [0.05, 0.1) is 17.7 Å². The molecular formula is C23H19Cl2NO4. The molecule has 0 aliphatic heterocycles. The first-order valence-corrected chi connectivity index (χ1v) is 9.96. The minimum Gasteiger partial charge on any atom is -0.492 e. The standard InChI is InChI=1S/C23H19Cl2NO4/c24-18-9-10-21(30-12-11-16-3-1-2-4-20(16)25)19(13-18)22(27)26-14-15-5-7-17(8-6-15)23(28)29/h1-10,13H,11-12,14H2,(H,26,27)(H,28,29). The number of aromatic carboxylic acids is 1. The van der Waals surface area contributed by atoms with Crippen LogP contribution in [0.25, 0.3) is 0 Å². The normalized spacial score (nSPS) is 10.5. The number of carbonyl (C=O) groups excluding carboxylic acids is 1. The predicted octanol–water partition coefficient (Wildman–Crippen LogP) is 5.24. The van der Waals surface area contributed by atoms with Gasteiger partial charge in [-0.3, -0.25) is 4.79 Å². The van der Waals surface area contributed by atoms with E-state index in [1.807, 2.05) is 24.3 Å². The number of amides is 1. The lowest BCUT2D eigenvalue weighted by molar-refractivity contribution is 0.0696. The molecule has 0 unspecified atom stereocenters. The number of carboxylic acids is 1. The molecule has 5 nitrogen and oxygen atoms in total. The third-order valence-electron chi connectivity index (χ3n) is 4.43. The van der Waals surface area contributed by atoms with Crippen LogP contribution in [0.4, 0.5) is 0 Å². The van der Waals surface area contributed by atoms with Crippen molar-refractivity contribution in [1.29, 1.82) is 0 Å². The molecule has 1 amide bonds. The second-order valence-electron chi connectivity index (χ2n) is 6.52. The van der Waals surface area contributed by atoms with Crippen LogP contribution in [0.3, 0.4) is 0 Å². The van der Waals surface area contributed by atoms with Gasteiger partial charge in [-0.05, 0) is 47.5 Å². The van der Waals surface area contributed by atoms with Gasteiger partial charge in [-0.15, -0.1) is 0 Å². The maximum atomic E-state index is 12.7. The summed E-state index contributed by atoms with van der Waals surface area (Å²) in [5.74, 6) is -0.916. The molecule has 2 N–H and O–H groups in total. The Bertz CT molecular complexity index is 1050. The fourth-order valence-electron chi connectivity index (χ4n) is 2.82. The molecule has 0 atom stereocenters. The zero-order chi connectivity index (χ0) is 21.5. The molecule has 0 radical (unpaired) electrons. The minimum atomic E-state index is -0.997. The van der Waals surface area contributed by atoms with E-state index in [-0.39, 0.29) is 18.0 Å². The van der Waals surface area contributed by atoms with Crippen LogP contribution in [0.5, 0.6) is 5.75 Å². The Morgan fingerprint density at radius 1 is 0.967 bits per heavy atom. The van der Waals surface area contributed by atoms with E-state index in [1.54, 1.807) is 30.3 Å². The van der Waals surface area contributed by atoms with Crippen molar-refractivity contribution in [1.82, 2.24) is 5.32 Å². The van der Waals surface area contributed by atoms with Crippen molar-refractivity contribution in [2.24, 2.45) is 0 Å². The highest BCUT2D eigenvalue weighted by atomic mass is 35.5. The molecule has 3 rings (SSSR count). The number of carbonyl (C=O) groups is 2. The summed E-state index contributed by atoms with van der Waals surface area (Å²) in [5, 5.41) is 12.8. The molecule has 0 heterocycles. The number of rotatable bonds is 8. The van der Waals surface area contributed by atoms with E-state index in [2.05, 4.69) is 5.32 Å². The van der Waals surface area contributed by atoms with Gasteiger partial charge in [0.15, 0.2) is 0 Å². The Balaban J connectivity index is 1.64. The van der Waals surface area contributed by atoms with Crippen LogP contribution in [0.15, 0.2) is 66.7 Å². The Morgan fingerprint density at radius 3 is 2.40 bits per heavy atom. The van der Waals surface area contributed by atoms with Gasteiger partial charge in [0.2, 0.25) is 0 Å². The van der Waals surface area contributed by atoms with Crippen molar-refractivity contribution >= 4 is 35.1 Å². The fraction of sp³-hybridized carbons (Fsp3) is 0.130. The lowest BCUT2D eigenvalue weighted by Crippen LogP contribution is -2.23. The number of ether oxygens (including phenoxy) is 1. The summed E-state index contributed by atoms with van der Waals surface area (Å²) in [6.45, 7) is 0.590. The van der Waals surface area contributed by atoms with E-state index in [0.29, 0.717) is 34.4 Å². The van der Waals surface area contributed by atoms with Crippen LogP contribution >= 0.6 is 23.2 Å². The molecule has 0 aliphatic rings. The summed E-state index contributed by atoms with van der Waals surface area (Å²) in [6.07, 6.45) is 0.597. The number of halogens is 2. The molecular weight excluding hydrogens is 425 g/mol. The van der Waals surface area contributed by atoms with E-state index in [9.17, 15) is 9.59 Å². The zero-order valence-electron chi connectivity index (χ0n) is 15.9. The number of carboxylic acid groups (broad SMARTS) is 1. The quantitative estimate of drug-likeness (QED) is 0.498. The van der Waals surface area contributed by atoms with Gasteiger partial charge in [0.25, 0.3) is 5.91 Å². The van der Waals surface area contributed by atoms with E-state index >= 15 is 0 Å². The Hall–Kier alpha value is -3.02. The molecule has 30 heavy (non-hydrogen) atoms. The maximum absolute atomic E-state index is 12.7. The van der Waals surface area contributed by atoms with E-state index < -0.39 is 5.97 Å². The van der Waals surface area contributed by atoms with Crippen LogP contribution in [-0.4, -0.2) is 23.6 Å². The molecule has 0 aromatic heterocycles. The van der Waals surface area contributed by atoms with Gasteiger partial charge in [-0.25, -0.2) is 4.79 Å². The number of nitrogens with one attached hydrogen (secondary N) is 1. The number of hydrogen-bond donors (Lipinski definition) is 2. The highest BCUT2D eigenvalue weighted by molar-refractivity contribution is 6.31. The summed E-state index contributed by atoms with van der Waals surface area (Å²) in [6, 6.07) is 18.7. The lowest BCUT2D eigenvalue weighted by Gasteiger charge is -2.13. The van der Waals surface area contributed by atoms with Gasteiger partial charge in [-0.1, -0.05) is 53.5 Å². The molecule has 0 aliphatic carbocycles. The predicted molar refractivity (Wildman–Crippen MR) is 117 cm³/mol. The van der Waals surface area contributed by atoms with Gasteiger partial charge >= 0.3 is 5.97 Å². The summed E-state index contributed by atoms with van der Waals surface area (Å²) in [5.41, 5.74) is 2.25. The topological polar surface area (TPSA) is 75.6 Å². The van der Waals surface area contributed by atoms with Crippen LogP contribution in [0.1, 0.15) is 31.8 Å². The van der Waals surface area contributed by atoms with Crippen LogP contribution in [0.2, 0.25) is 10.0 Å². The number of hydrogen-bond acceptors (Lipinski definition) is 3. The van der Waals surface area contributed by atoms with E-state index in [0.717, 1.165) is 11.1 Å². The summed E-state index contributed by atoms with van der Waals surface area (Å²) < 4.78 is 5.82.